The van der Waals surface area contributed by atoms with Crippen molar-refractivity contribution in [3.63, 3.8) is 0 Å². The topological polar surface area (TPSA) is 98.5 Å². The van der Waals surface area contributed by atoms with Crippen molar-refractivity contribution in [1.82, 2.24) is 29.7 Å². The van der Waals surface area contributed by atoms with Crippen molar-refractivity contribution >= 4 is 22.6 Å². The predicted molar refractivity (Wildman–Crippen MR) is 71.3 cm³/mol. The number of hydrogen-bond donors (Lipinski definition) is 1. The van der Waals surface area contributed by atoms with Crippen molar-refractivity contribution in [2.24, 2.45) is 0 Å². The molecule has 3 aromatic heterocycles. The fraction of sp³-hybridized carbons (Fsp3) is 0.167. The van der Waals surface area contributed by atoms with E-state index in [1.807, 2.05) is 0 Å². The van der Waals surface area contributed by atoms with Crippen LogP contribution in [-0.4, -0.2) is 35.6 Å². The maximum Gasteiger partial charge on any atom is 0.222 e. The van der Waals surface area contributed by atoms with Gasteiger partial charge in [0.2, 0.25) is 5.91 Å². The number of aromatic nitrogens is 6. The first-order valence-electron chi connectivity index (χ1n) is 5.90. The van der Waals surface area contributed by atoms with E-state index in [4.69, 9.17) is 0 Å². The van der Waals surface area contributed by atoms with Crippen LogP contribution in [0.1, 0.15) is 12.7 Å². The monoisotopic (exact) mass is 269 g/mol. The lowest BCUT2D eigenvalue weighted by atomic mass is 10.3. The number of pyridine rings is 1. The second-order valence-corrected chi connectivity index (χ2v) is 4.20. The summed E-state index contributed by atoms with van der Waals surface area (Å²) >= 11 is 0. The normalized spacial score (nSPS) is 10.7. The number of fused-ring (bicyclic) bond motifs is 1. The summed E-state index contributed by atoms with van der Waals surface area (Å²) in [6.07, 6.45) is 4.60. The van der Waals surface area contributed by atoms with Crippen molar-refractivity contribution in [1.29, 1.82) is 0 Å². The first-order chi connectivity index (χ1) is 9.63. The molecule has 20 heavy (non-hydrogen) atoms. The van der Waals surface area contributed by atoms with E-state index in [0.29, 0.717) is 23.0 Å². The molecule has 0 aromatic carbocycles. The summed E-state index contributed by atoms with van der Waals surface area (Å²) in [5.74, 6) is 1.47. The van der Waals surface area contributed by atoms with Crippen LogP contribution in [0.15, 0.2) is 24.9 Å². The Balaban J connectivity index is 2.20. The van der Waals surface area contributed by atoms with Gasteiger partial charge in [-0.05, 0) is 6.92 Å². The third kappa shape index (κ3) is 2.18. The second kappa shape index (κ2) is 4.65. The molecule has 3 heterocycles. The molecular weight excluding hydrogens is 258 g/mol. The summed E-state index contributed by atoms with van der Waals surface area (Å²) in [4.78, 5) is 27.9. The minimum absolute atomic E-state index is 0.181. The van der Waals surface area contributed by atoms with Gasteiger partial charge in [-0.15, -0.1) is 0 Å². The Kier molecular flexibility index (Phi) is 2.82. The van der Waals surface area contributed by atoms with Crippen LogP contribution in [0.25, 0.3) is 16.7 Å². The highest BCUT2D eigenvalue weighted by Crippen LogP contribution is 2.20. The number of rotatable bonds is 2. The molecule has 100 valence electrons. The molecule has 0 saturated carbocycles. The van der Waals surface area contributed by atoms with Gasteiger partial charge >= 0.3 is 0 Å². The highest BCUT2D eigenvalue weighted by molar-refractivity contribution is 5.91. The number of carbonyl (C=O) groups excluding carboxylic acids is 1. The van der Waals surface area contributed by atoms with Gasteiger partial charge in [-0.3, -0.25) is 4.79 Å². The Bertz CT molecular complexity index is 782. The molecule has 1 amide bonds. The first-order valence-corrected chi connectivity index (χ1v) is 5.90. The quantitative estimate of drug-likeness (QED) is 0.741. The molecule has 0 bridgehead atoms. The minimum atomic E-state index is -0.181. The summed E-state index contributed by atoms with van der Waals surface area (Å²) in [5.41, 5.74) is 0.682. The molecule has 0 radical (unpaired) electrons. The minimum Gasteiger partial charge on any atom is -0.311 e. The lowest BCUT2D eigenvalue weighted by molar-refractivity contribution is -0.114. The molecule has 0 aliphatic rings. The Morgan fingerprint density at radius 2 is 2.20 bits per heavy atom. The van der Waals surface area contributed by atoms with Gasteiger partial charge < -0.3 is 5.32 Å². The van der Waals surface area contributed by atoms with Gasteiger partial charge in [0.15, 0.2) is 5.82 Å². The van der Waals surface area contributed by atoms with E-state index in [2.05, 4.69) is 30.4 Å². The van der Waals surface area contributed by atoms with Crippen molar-refractivity contribution in [3.8, 4) is 5.82 Å². The second-order valence-electron chi connectivity index (χ2n) is 4.20. The largest absolute Gasteiger partial charge is 0.311 e. The molecule has 3 aromatic rings. The SMILES string of the molecule is CC(=O)Nc1cc2nc(C)nc(-n3cncn3)c2cn1. The van der Waals surface area contributed by atoms with E-state index in [0.717, 1.165) is 5.39 Å². The summed E-state index contributed by atoms with van der Waals surface area (Å²) < 4.78 is 1.55. The molecule has 0 saturated heterocycles. The molecular formula is C12H11N7O. The summed E-state index contributed by atoms with van der Waals surface area (Å²) in [6.45, 7) is 3.22. The van der Waals surface area contributed by atoms with Crippen LogP contribution in [0.2, 0.25) is 0 Å². The van der Waals surface area contributed by atoms with Crippen LogP contribution in [0, 0.1) is 6.92 Å². The van der Waals surface area contributed by atoms with Crippen LogP contribution >= 0.6 is 0 Å². The average molecular weight is 269 g/mol. The summed E-state index contributed by atoms with van der Waals surface area (Å²) in [7, 11) is 0. The first kappa shape index (κ1) is 12.2. The molecule has 0 fully saturated rings. The molecule has 8 nitrogen and oxygen atoms in total. The lowest BCUT2D eigenvalue weighted by Gasteiger charge is -2.07. The Morgan fingerprint density at radius 3 is 2.90 bits per heavy atom. The van der Waals surface area contributed by atoms with E-state index in [-0.39, 0.29) is 5.91 Å². The average Bonchev–Trinajstić information content (AvgIpc) is 2.90. The van der Waals surface area contributed by atoms with Gasteiger partial charge in [0.25, 0.3) is 0 Å². The van der Waals surface area contributed by atoms with Crippen molar-refractivity contribution in [2.45, 2.75) is 13.8 Å². The highest BCUT2D eigenvalue weighted by Gasteiger charge is 2.10. The molecule has 8 heteroatoms. The molecule has 0 aliphatic carbocycles. The van der Waals surface area contributed by atoms with E-state index < -0.39 is 0 Å². The molecule has 0 atom stereocenters. The third-order valence-electron chi connectivity index (χ3n) is 2.61. The van der Waals surface area contributed by atoms with Crippen molar-refractivity contribution in [3.05, 3.63) is 30.7 Å². The van der Waals surface area contributed by atoms with E-state index >= 15 is 0 Å². The highest BCUT2D eigenvalue weighted by atomic mass is 16.1. The number of hydrogen-bond acceptors (Lipinski definition) is 6. The van der Waals surface area contributed by atoms with Gasteiger partial charge in [-0.2, -0.15) is 5.10 Å². The number of nitrogens with zero attached hydrogens (tertiary/aromatic N) is 6. The van der Waals surface area contributed by atoms with Gasteiger partial charge in [-0.1, -0.05) is 0 Å². The van der Waals surface area contributed by atoms with E-state index in [1.165, 1.54) is 13.3 Å². The molecule has 1 N–H and O–H groups in total. The number of amides is 1. The van der Waals surface area contributed by atoms with Crippen LogP contribution in [-0.2, 0) is 4.79 Å². The fourth-order valence-electron chi connectivity index (χ4n) is 1.86. The van der Waals surface area contributed by atoms with Gasteiger partial charge in [-0.25, -0.2) is 24.6 Å². The fourth-order valence-corrected chi connectivity index (χ4v) is 1.86. The maximum absolute atomic E-state index is 11.1. The van der Waals surface area contributed by atoms with Gasteiger partial charge in [0.05, 0.1) is 10.9 Å². The molecule has 0 spiro atoms. The molecule has 3 rings (SSSR count). The van der Waals surface area contributed by atoms with Crippen LogP contribution in [0.3, 0.4) is 0 Å². The Morgan fingerprint density at radius 1 is 1.35 bits per heavy atom. The van der Waals surface area contributed by atoms with Crippen molar-refractivity contribution in [2.75, 3.05) is 5.32 Å². The molecule has 0 unspecified atom stereocenters. The van der Waals surface area contributed by atoms with Crippen molar-refractivity contribution < 1.29 is 4.79 Å². The summed E-state index contributed by atoms with van der Waals surface area (Å²) in [5, 5.41) is 7.42. The third-order valence-corrected chi connectivity index (χ3v) is 2.61. The van der Waals surface area contributed by atoms with Crippen LogP contribution in [0.5, 0.6) is 0 Å². The van der Waals surface area contributed by atoms with Gasteiger partial charge in [0.1, 0.15) is 24.3 Å². The number of nitrogens with one attached hydrogen (secondary N) is 1. The standard InChI is InChI=1S/C12H11N7O/c1-7-16-10-3-11(18-8(2)20)14-4-9(10)12(17-7)19-6-13-5-15-19/h3-6H,1-2H3,(H,14,18,20). The Labute approximate surface area is 113 Å². The number of aryl methyl sites for hydroxylation is 1. The zero-order chi connectivity index (χ0) is 14.1. The van der Waals surface area contributed by atoms with Crippen LogP contribution in [0.4, 0.5) is 5.82 Å². The summed E-state index contributed by atoms with van der Waals surface area (Å²) in [6, 6.07) is 1.70. The lowest BCUT2D eigenvalue weighted by Crippen LogP contribution is -2.08. The predicted octanol–water partition coefficient (Wildman–Crippen LogP) is 0.872. The van der Waals surface area contributed by atoms with Gasteiger partial charge in [0, 0.05) is 19.2 Å². The van der Waals surface area contributed by atoms with E-state index in [1.54, 1.807) is 30.2 Å². The zero-order valence-electron chi connectivity index (χ0n) is 10.9. The zero-order valence-corrected chi connectivity index (χ0v) is 10.9. The number of carbonyl (C=O) groups is 1. The van der Waals surface area contributed by atoms with E-state index in [9.17, 15) is 4.79 Å². The maximum atomic E-state index is 11.1. The Hall–Kier alpha value is -2.90. The molecule has 0 aliphatic heterocycles. The smallest absolute Gasteiger partial charge is 0.222 e. The number of anilines is 1. The van der Waals surface area contributed by atoms with Crippen LogP contribution < -0.4 is 5.32 Å².